The predicted octanol–water partition coefficient (Wildman–Crippen LogP) is 0.629. The molecule has 1 saturated heterocycles. The first-order valence-corrected chi connectivity index (χ1v) is 7.16. The molecule has 5 heteroatoms. The Morgan fingerprint density at radius 1 is 1.43 bits per heavy atom. The van der Waals surface area contributed by atoms with Crippen LogP contribution in [0, 0.1) is 5.92 Å². The molecule has 2 unspecified atom stereocenters. The van der Waals surface area contributed by atoms with Crippen LogP contribution < -0.4 is 5.32 Å². The molecule has 0 aromatic carbocycles. The lowest BCUT2D eigenvalue weighted by atomic mass is 9.95. The maximum absolute atomic E-state index is 11.5. The van der Waals surface area contributed by atoms with E-state index in [2.05, 4.69) is 16.6 Å². The minimum atomic E-state index is -2.29. The van der Waals surface area contributed by atoms with Crippen LogP contribution in [-0.2, 0) is 14.5 Å². The fraction of sp³-hybridized carbons (Fsp3) is 0.889. The van der Waals surface area contributed by atoms with Crippen molar-refractivity contribution in [1.29, 1.82) is 0 Å². The molecule has 1 N–H and O–H groups in total. The molecule has 0 bridgehead atoms. The van der Waals surface area contributed by atoms with Crippen molar-refractivity contribution in [3.8, 4) is 0 Å². The van der Waals surface area contributed by atoms with Gasteiger partial charge in [0.25, 0.3) is 5.91 Å². The van der Waals surface area contributed by atoms with E-state index < -0.39 is 9.73 Å². The fourth-order valence-corrected chi connectivity index (χ4v) is 2.08. The van der Waals surface area contributed by atoms with Gasteiger partial charge in [0.05, 0.1) is 5.92 Å². The summed E-state index contributed by atoms with van der Waals surface area (Å²) in [6, 6.07) is 0.478. The number of carbonyl (C=O) groups is 1. The lowest BCUT2D eigenvalue weighted by Crippen LogP contribution is -2.39. The van der Waals surface area contributed by atoms with Crippen LogP contribution in [-0.4, -0.2) is 35.2 Å². The zero-order valence-corrected chi connectivity index (χ0v) is 9.76. The highest BCUT2D eigenvalue weighted by Gasteiger charge is 2.23. The van der Waals surface area contributed by atoms with Gasteiger partial charge in [-0.05, 0) is 19.8 Å². The van der Waals surface area contributed by atoms with Crippen molar-refractivity contribution in [3.63, 3.8) is 0 Å². The highest BCUT2D eigenvalue weighted by molar-refractivity contribution is 7.92. The standard InChI is InChI=1S/C9H18N2O2S/c1-7-4-5-8(6-10-7)9(12)11-14(2,3)13/h7-8,10H,4-6H2,1-3H3. The second-order valence-electron chi connectivity index (χ2n) is 4.19. The maximum Gasteiger partial charge on any atom is 0.258 e. The molecule has 1 heterocycles. The van der Waals surface area contributed by atoms with Crippen molar-refractivity contribution in [3.05, 3.63) is 0 Å². The minimum absolute atomic E-state index is 0.0769. The van der Waals surface area contributed by atoms with Crippen molar-refractivity contribution in [1.82, 2.24) is 5.32 Å². The molecule has 1 fully saturated rings. The number of hydrogen-bond donors (Lipinski definition) is 1. The summed E-state index contributed by atoms with van der Waals surface area (Å²) in [5, 5.41) is 3.23. The highest BCUT2D eigenvalue weighted by Crippen LogP contribution is 2.15. The summed E-state index contributed by atoms with van der Waals surface area (Å²) in [5.74, 6) is -0.286. The number of amides is 1. The normalized spacial score (nSPS) is 28.5. The van der Waals surface area contributed by atoms with Crippen LogP contribution in [0.2, 0.25) is 0 Å². The number of carbonyl (C=O) groups excluding carboxylic acids is 1. The van der Waals surface area contributed by atoms with E-state index in [1.807, 2.05) is 0 Å². The number of rotatable bonds is 1. The van der Waals surface area contributed by atoms with Crippen molar-refractivity contribution in [2.24, 2.45) is 10.3 Å². The monoisotopic (exact) mass is 218 g/mol. The Kier molecular flexibility index (Phi) is 3.66. The van der Waals surface area contributed by atoms with E-state index in [4.69, 9.17) is 0 Å². The van der Waals surface area contributed by atoms with Crippen LogP contribution in [0.15, 0.2) is 4.36 Å². The Morgan fingerprint density at radius 2 is 2.07 bits per heavy atom. The predicted molar refractivity (Wildman–Crippen MR) is 57.6 cm³/mol. The van der Waals surface area contributed by atoms with Gasteiger partial charge in [-0.15, -0.1) is 0 Å². The molecule has 0 aromatic rings. The zero-order chi connectivity index (χ0) is 10.8. The summed E-state index contributed by atoms with van der Waals surface area (Å²) < 4.78 is 15.0. The molecule has 0 aromatic heterocycles. The van der Waals surface area contributed by atoms with Crippen molar-refractivity contribution >= 4 is 15.6 Å². The quantitative estimate of drug-likeness (QED) is 0.702. The van der Waals surface area contributed by atoms with Crippen LogP contribution >= 0.6 is 0 Å². The van der Waals surface area contributed by atoms with Crippen LogP contribution in [0.4, 0.5) is 0 Å². The lowest BCUT2D eigenvalue weighted by molar-refractivity contribution is -0.121. The molecular weight excluding hydrogens is 200 g/mol. The largest absolute Gasteiger partial charge is 0.313 e. The molecule has 0 radical (unpaired) electrons. The molecule has 2 atom stereocenters. The summed E-state index contributed by atoms with van der Waals surface area (Å²) in [7, 11) is -2.29. The number of nitrogens with one attached hydrogen (secondary N) is 1. The van der Waals surface area contributed by atoms with Crippen molar-refractivity contribution < 1.29 is 9.00 Å². The van der Waals surface area contributed by atoms with Gasteiger partial charge in [-0.1, -0.05) is 0 Å². The summed E-state index contributed by atoms with van der Waals surface area (Å²) >= 11 is 0. The van der Waals surface area contributed by atoms with Gasteiger partial charge in [0, 0.05) is 34.8 Å². The Morgan fingerprint density at radius 3 is 2.50 bits per heavy atom. The van der Waals surface area contributed by atoms with Gasteiger partial charge < -0.3 is 5.32 Å². The van der Waals surface area contributed by atoms with Gasteiger partial charge in [0.1, 0.15) is 0 Å². The average Bonchev–Trinajstić information content (AvgIpc) is 2.02. The van der Waals surface area contributed by atoms with Crippen LogP contribution in [0.1, 0.15) is 19.8 Å². The van der Waals surface area contributed by atoms with Gasteiger partial charge in [0.15, 0.2) is 0 Å². The first-order valence-electron chi connectivity index (χ1n) is 4.83. The third-order valence-corrected chi connectivity index (χ3v) is 2.94. The molecule has 4 nitrogen and oxygen atoms in total. The molecular formula is C9H18N2O2S. The number of hydrogen-bond acceptors (Lipinski definition) is 3. The van der Waals surface area contributed by atoms with E-state index in [-0.39, 0.29) is 11.8 Å². The van der Waals surface area contributed by atoms with Crippen LogP contribution in [0.5, 0.6) is 0 Å². The Hall–Kier alpha value is -0.420. The Labute approximate surface area is 85.6 Å². The summed E-state index contributed by atoms with van der Waals surface area (Å²) in [6.45, 7) is 2.76. The summed E-state index contributed by atoms with van der Waals surface area (Å²) in [5.41, 5.74) is 0. The zero-order valence-electron chi connectivity index (χ0n) is 8.95. The van der Waals surface area contributed by atoms with Gasteiger partial charge in [-0.2, -0.15) is 4.36 Å². The van der Waals surface area contributed by atoms with E-state index in [9.17, 15) is 9.00 Å². The number of piperidine rings is 1. The summed E-state index contributed by atoms with van der Waals surface area (Å²) in [4.78, 5) is 11.5. The molecule has 1 aliphatic rings. The number of nitrogens with zero attached hydrogens (tertiary/aromatic N) is 1. The highest BCUT2D eigenvalue weighted by atomic mass is 32.2. The molecule has 0 saturated carbocycles. The fourth-order valence-electron chi connectivity index (χ4n) is 1.50. The molecule has 1 amide bonds. The second kappa shape index (κ2) is 4.40. The minimum Gasteiger partial charge on any atom is -0.313 e. The van der Waals surface area contributed by atoms with Crippen molar-refractivity contribution in [2.75, 3.05) is 19.1 Å². The Balaban J connectivity index is 2.60. The van der Waals surface area contributed by atoms with Gasteiger partial charge in [-0.25, -0.2) is 4.21 Å². The SMILES string of the molecule is CC1CCC(C(=O)N=S(C)(C)=O)CN1. The topological polar surface area (TPSA) is 58.5 Å². The van der Waals surface area contributed by atoms with E-state index in [1.165, 1.54) is 12.5 Å². The molecule has 1 rings (SSSR count). The summed E-state index contributed by atoms with van der Waals surface area (Å²) in [6.07, 6.45) is 4.82. The maximum atomic E-state index is 11.5. The van der Waals surface area contributed by atoms with Crippen molar-refractivity contribution in [2.45, 2.75) is 25.8 Å². The molecule has 1 aliphatic heterocycles. The average molecular weight is 218 g/mol. The van der Waals surface area contributed by atoms with E-state index in [0.717, 1.165) is 12.8 Å². The third kappa shape index (κ3) is 3.75. The molecule has 0 aliphatic carbocycles. The van der Waals surface area contributed by atoms with E-state index >= 15 is 0 Å². The van der Waals surface area contributed by atoms with E-state index in [0.29, 0.717) is 12.6 Å². The third-order valence-electron chi connectivity index (χ3n) is 2.32. The van der Waals surface area contributed by atoms with Crippen LogP contribution in [0.3, 0.4) is 0 Å². The molecule has 0 spiro atoms. The molecule has 82 valence electrons. The Bertz CT molecular complexity index is 316. The second-order valence-corrected chi connectivity index (χ2v) is 6.74. The van der Waals surface area contributed by atoms with Gasteiger partial charge >= 0.3 is 0 Å². The smallest absolute Gasteiger partial charge is 0.258 e. The lowest BCUT2D eigenvalue weighted by Gasteiger charge is -2.25. The van der Waals surface area contributed by atoms with E-state index in [1.54, 1.807) is 0 Å². The van der Waals surface area contributed by atoms with Gasteiger partial charge in [-0.3, -0.25) is 4.79 Å². The molecule has 14 heavy (non-hydrogen) atoms. The van der Waals surface area contributed by atoms with Gasteiger partial charge in [0.2, 0.25) is 0 Å². The van der Waals surface area contributed by atoms with Crippen LogP contribution in [0.25, 0.3) is 0 Å². The first-order chi connectivity index (χ1) is 6.38. The first kappa shape index (κ1) is 11.7.